The zero-order valence-electron chi connectivity index (χ0n) is 43.8. The molecular formula is C63H54F6O9S. The number of aromatic hydroxyl groups is 1. The first-order valence-corrected chi connectivity index (χ1v) is 26.1. The predicted octanol–water partition coefficient (Wildman–Crippen LogP) is 16.2. The van der Waals surface area contributed by atoms with E-state index in [-0.39, 0.29) is 44.9 Å². The minimum absolute atomic E-state index is 0.00479. The summed E-state index contributed by atoms with van der Waals surface area (Å²) < 4.78 is 142. The molecule has 0 amide bonds. The fraction of sp³-hybridized carbons (Fsp3) is 0.206. The molecule has 9 nitrogen and oxygen atoms in total. The van der Waals surface area contributed by atoms with E-state index in [4.69, 9.17) is 14.2 Å². The molecule has 2 N–H and O–H groups in total. The van der Waals surface area contributed by atoms with Gasteiger partial charge in [-0.05, 0) is 150 Å². The molecule has 8 rings (SSSR count). The molecule has 0 atom stereocenters. The van der Waals surface area contributed by atoms with E-state index in [0.717, 1.165) is 54.1 Å². The number of hydrogen-bond donors (Lipinski definition) is 2. The Morgan fingerprint density at radius 2 is 0.810 bits per heavy atom. The lowest BCUT2D eigenvalue weighted by atomic mass is 9.71. The summed E-state index contributed by atoms with van der Waals surface area (Å²) in [6, 6.07) is 43.1. The Hall–Kier alpha value is -8.21. The van der Waals surface area contributed by atoms with E-state index >= 15 is 26.3 Å². The Bertz CT molecular complexity index is 3590. The van der Waals surface area contributed by atoms with Crippen molar-refractivity contribution >= 4 is 21.7 Å². The summed E-state index contributed by atoms with van der Waals surface area (Å²) in [6.45, 7) is 13.3. The van der Waals surface area contributed by atoms with Crippen molar-refractivity contribution < 1.29 is 68.2 Å². The minimum Gasteiger partial charge on any atom is -0.508 e. The van der Waals surface area contributed by atoms with Crippen molar-refractivity contribution in [2.45, 2.75) is 87.6 Å². The van der Waals surface area contributed by atoms with Crippen molar-refractivity contribution in [3.63, 3.8) is 0 Å². The highest BCUT2D eigenvalue weighted by Gasteiger charge is 2.72. The van der Waals surface area contributed by atoms with Gasteiger partial charge in [-0.3, -0.25) is 14.1 Å². The van der Waals surface area contributed by atoms with Gasteiger partial charge in [0, 0.05) is 33.2 Å². The molecule has 0 fully saturated rings. The van der Waals surface area contributed by atoms with Crippen LogP contribution in [-0.2, 0) is 26.4 Å². The zero-order chi connectivity index (χ0) is 57.5. The molecule has 79 heavy (non-hydrogen) atoms. The number of halogens is 6. The van der Waals surface area contributed by atoms with Gasteiger partial charge >= 0.3 is 12.4 Å². The van der Waals surface area contributed by atoms with Gasteiger partial charge in [-0.25, -0.2) is 0 Å². The van der Waals surface area contributed by atoms with Gasteiger partial charge in [0.1, 0.15) is 40.1 Å². The Labute approximate surface area is 453 Å². The molecule has 16 heteroatoms. The first kappa shape index (κ1) is 57.0. The third-order valence-corrected chi connectivity index (χ3v) is 15.2. The first-order chi connectivity index (χ1) is 36.9. The molecule has 0 spiro atoms. The van der Waals surface area contributed by atoms with Crippen molar-refractivity contribution in [3.05, 3.63) is 233 Å². The van der Waals surface area contributed by atoms with Crippen LogP contribution < -0.4 is 14.2 Å². The molecule has 0 unspecified atom stereocenters. The average Bonchev–Trinajstić information content (AvgIpc) is 3.41. The number of carbonyl (C=O) groups is 2. The number of benzene rings is 8. The highest BCUT2D eigenvalue weighted by atomic mass is 32.2. The van der Waals surface area contributed by atoms with E-state index in [1.807, 2.05) is 26.0 Å². The highest BCUT2D eigenvalue weighted by molar-refractivity contribution is 7.85. The summed E-state index contributed by atoms with van der Waals surface area (Å²) >= 11 is 0. The van der Waals surface area contributed by atoms with Crippen LogP contribution >= 0.6 is 0 Å². The third kappa shape index (κ3) is 11.8. The number of phenols is 1. The Morgan fingerprint density at radius 1 is 0.443 bits per heavy atom. The lowest BCUT2D eigenvalue weighted by molar-refractivity contribution is -0.288. The zero-order valence-corrected chi connectivity index (χ0v) is 44.6. The average molecular weight is 1100 g/mol. The van der Waals surface area contributed by atoms with Crippen LogP contribution in [0.5, 0.6) is 34.5 Å². The Morgan fingerprint density at radius 3 is 1.22 bits per heavy atom. The van der Waals surface area contributed by atoms with Gasteiger partial charge in [0.25, 0.3) is 10.1 Å². The van der Waals surface area contributed by atoms with Gasteiger partial charge in [0.2, 0.25) is 5.41 Å². The predicted molar refractivity (Wildman–Crippen MR) is 288 cm³/mol. The molecule has 8 aromatic carbocycles. The number of ether oxygens (including phenoxy) is 3. The summed E-state index contributed by atoms with van der Waals surface area (Å²) in [7, 11) is -4.43. The normalized spacial score (nSPS) is 12.7. The fourth-order valence-corrected chi connectivity index (χ4v) is 9.52. The summed E-state index contributed by atoms with van der Waals surface area (Å²) in [6.07, 6.45) is -11.7. The molecule has 0 heterocycles. The summed E-state index contributed by atoms with van der Waals surface area (Å²) in [5.41, 5.74) is -4.54. The molecule has 0 saturated heterocycles. The standard InChI is InChI=1S/C63H54F6O9S/c1-58(2,3)44-18-8-40(9-19-44)56(71)42-12-27-49(28-13-42)76-50-31-22-46(23-32-50)61(62(64,65)66,63(67,68)69)47-24-33-52(34-25-47)78-60(6,7)59(4,5)45-20-10-41(11-21-45)57(72)43-14-29-51(30-15-43)77-55-37-26-48(70)38-54(55)39-16-35-53(36-17-39)79(73,74)75/h8-38,70H,1-7H3,(H,73,74,75). The van der Waals surface area contributed by atoms with Crippen LogP contribution in [0.4, 0.5) is 26.3 Å². The molecule has 0 bridgehead atoms. The molecule has 8 aromatic rings. The van der Waals surface area contributed by atoms with E-state index in [9.17, 15) is 27.7 Å². The third-order valence-electron chi connectivity index (χ3n) is 14.3. The number of phenolic OH excluding ortho intramolecular Hbond substituents is 1. The quantitative estimate of drug-likeness (QED) is 0.0550. The van der Waals surface area contributed by atoms with Crippen molar-refractivity contribution in [1.29, 1.82) is 0 Å². The fourth-order valence-electron chi connectivity index (χ4n) is 9.04. The maximum Gasteiger partial charge on any atom is 0.411 e. The van der Waals surface area contributed by atoms with Crippen LogP contribution in [0.2, 0.25) is 0 Å². The van der Waals surface area contributed by atoms with Crippen LogP contribution in [-0.4, -0.2) is 47.6 Å². The lowest BCUT2D eigenvalue weighted by Gasteiger charge is -2.42. The van der Waals surface area contributed by atoms with Crippen LogP contribution in [0.15, 0.2) is 193 Å². The number of hydrogen-bond acceptors (Lipinski definition) is 8. The van der Waals surface area contributed by atoms with E-state index in [1.54, 1.807) is 74.5 Å². The van der Waals surface area contributed by atoms with Crippen LogP contribution in [0, 0.1) is 0 Å². The maximum atomic E-state index is 15.2. The monoisotopic (exact) mass is 1100 g/mol. The lowest BCUT2D eigenvalue weighted by Crippen LogP contribution is -2.54. The first-order valence-electron chi connectivity index (χ1n) is 24.7. The van der Waals surface area contributed by atoms with Gasteiger partial charge < -0.3 is 19.3 Å². The SMILES string of the molecule is CC(C)(C)c1ccc(C(=O)c2ccc(Oc3ccc(C(c4ccc(OC(C)(C)C(C)(C)c5ccc(C(=O)c6ccc(Oc7ccc(O)cc7-c7ccc(S(=O)(=O)O)cc7)cc6)cc5)cc4)(C(F)(F)F)C(F)(F)F)cc3)cc2)cc1. The van der Waals surface area contributed by atoms with Crippen molar-refractivity contribution in [2.24, 2.45) is 0 Å². The molecule has 0 aliphatic heterocycles. The molecule has 0 saturated carbocycles. The van der Waals surface area contributed by atoms with E-state index in [2.05, 4.69) is 20.8 Å². The van der Waals surface area contributed by atoms with Crippen LogP contribution in [0.25, 0.3) is 11.1 Å². The number of rotatable bonds is 16. The van der Waals surface area contributed by atoms with Gasteiger partial charge in [0.05, 0.1) is 4.90 Å². The van der Waals surface area contributed by atoms with Gasteiger partial charge in [-0.15, -0.1) is 0 Å². The van der Waals surface area contributed by atoms with Crippen molar-refractivity contribution in [2.75, 3.05) is 0 Å². The number of ketones is 2. The summed E-state index contributed by atoms with van der Waals surface area (Å²) in [4.78, 5) is 26.5. The Balaban J connectivity index is 0.938. The number of carbonyl (C=O) groups excluding carboxylic acids is 2. The minimum atomic E-state index is -5.85. The molecule has 0 aliphatic rings. The second kappa shape index (κ2) is 21.2. The van der Waals surface area contributed by atoms with Crippen LogP contribution in [0.1, 0.15) is 103 Å². The van der Waals surface area contributed by atoms with E-state index < -0.39 is 50.0 Å². The van der Waals surface area contributed by atoms with E-state index in [0.29, 0.717) is 50.4 Å². The summed E-state index contributed by atoms with van der Waals surface area (Å²) in [5.74, 6) is 0.186. The maximum absolute atomic E-state index is 15.2. The van der Waals surface area contributed by atoms with Gasteiger partial charge in [0.15, 0.2) is 11.6 Å². The Kier molecular flexibility index (Phi) is 15.3. The largest absolute Gasteiger partial charge is 0.508 e. The number of alkyl halides is 6. The molecule has 0 radical (unpaired) electrons. The van der Waals surface area contributed by atoms with Crippen molar-refractivity contribution in [3.8, 4) is 45.6 Å². The topological polar surface area (TPSA) is 136 Å². The van der Waals surface area contributed by atoms with Crippen LogP contribution in [0.3, 0.4) is 0 Å². The molecule has 0 aliphatic carbocycles. The second-order valence-corrected chi connectivity index (χ2v) is 22.4. The molecule has 0 aromatic heterocycles. The molecular weight excluding hydrogens is 1050 g/mol. The van der Waals surface area contributed by atoms with Crippen molar-refractivity contribution in [1.82, 2.24) is 0 Å². The smallest absolute Gasteiger partial charge is 0.411 e. The van der Waals surface area contributed by atoms with Gasteiger partial charge in [-0.1, -0.05) is 120 Å². The van der Waals surface area contributed by atoms with E-state index in [1.165, 1.54) is 66.7 Å². The van der Waals surface area contributed by atoms with Gasteiger partial charge in [-0.2, -0.15) is 34.8 Å². The second-order valence-electron chi connectivity index (χ2n) is 21.0. The summed E-state index contributed by atoms with van der Waals surface area (Å²) in [5, 5.41) is 10.2. The highest BCUT2D eigenvalue weighted by Crippen LogP contribution is 2.57. The molecule has 408 valence electrons.